The minimum atomic E-state index is -0.163. The molecule has 1 unspecified atom stereocenters. The van der Waals surface area contributed by atoms with Gasteiger partial charge in [0.25, 0.3) is 0 Å². The van der Waals surface area contributed by atoms with Crippen LogP contribution >= 0.6 is 11.3 Å². The fourth-order valence-electron chi connectivity index (χ4n) is 2.46. The van der Waals surface area contributed by atoms with Crippen LogP contribution in [0.2, 0.25) is 0 Å². The van der Waals surface area contributed by atoms with Crippen molar-refractivity contribution in [1.82, 2.24) is 14.5 Å². The van der Waals surface area contributed by atoms with Crippen molar-refractivity contribution in [2.45, 2.75) is 26.8 Å². The third-order valence-electron chi connectivity index (χ3n) is 3.72. The molecule has 108 valence electrons. The van der Waals surface area contributed by atoms with E-state index in [4.69, 9.17) is 0 Å². The van der Waals surface area contributed by atoms with E-state index in [0.29, 0.717) is 11.1 Å². The van der Waals surface area contributed by atoms with Gasteiger partial charge in [0, 0.05) is 29.5 Å². The quantitative estimate of drug-likeness (QED) is 0.719. The molecule has 0 spiro atoms. The first-order chi connectivity index (χ1) is 10.1. The van der Waals surface area contributed by atoms with Crippen molar-refractivity contribution in [3.05, 3.63) is 58.1 Å². The zero-order valence-electron chi connectivity index (χ0n) is 12.2. The molecule has 3 nitrogen and oxygen atoms in total. The monoisotopic (exact) mass is 301 g/mol. The zero-order chi connectivity index (χ0) is 15.0. The zero-order valence-corrected chi connectivity index (χ0v) is 13.0. The van der Waals surface area contributed by atoms with Gasteiger partial charge >= 0.3 is 0 Å². The molecule has 0 fully saturated rings. The van der Waals surface area contributed by atoms with Gasteiger partial charge in [-0.05, 0) is 31.9 Å². The largest absolute Gasteiger partial charge is 0.321 e. The maximum absolute atomic E-state index is 14.1. The highest BCUT2D eigenvalue weighted by Crippen LogP contribution is 2.30. The van der Waals surface area contributed by atoms with Gasteiger partial charge in [-0.15, -0.1) is 11.3 Å². The number of rotatable bonds is 3. The Morgan fingerprint density at radius 2 is 2.00 bits per heavy atom. The van der Waals surface area contributed by atoms with Gasteiger partial charge in [0.1, 0.15) is 16.6 Å². The normalized spacial score (nSPS) is 12.6. The number of benzene rings is 1. The van der Waals surface area contributed by atoms with E-state index in [1.807, 2.05) is 22.2 Å². The number of hydrogen-bond acceptors (Lipinski definition) is 3. The average Bonchev–Trinajstić information content (AvgIpc) is 3.15. The molecule has 21 heavy (non-hydrogen) atoms. The molecule has 3 rings (SSSR count). The van der Waals surface area contributed by atoms with Crippen LogP contribution < -0.4 is 0 Å². The van der Waals surface area contributed by atoms with Gasteiger partial charge in [-0.2, -0.15) is 0 Å². The Morgan fingerprint density at radius 3 is 2.71 bits per heavy atom. The molecule has 0 N–H and O–H groups in total. The molecule has 2 aromatic heterocycles. The molecule has 1 atom stereocenters. The molecule has 1 aromatic carbocycles. The lowest BCUT2D eigenvalue weighted by molar-refractivity contribution is 0.607. The van der Waals surface area contributed by atoms with E-state index in [1.54, 1.807) is 43.6 Å². The van der Waals surface area contributed by atoms with Crippen LogP contribution in [0, 0.1) is 19.7 Å². The van der Waals surface area contributed by atoms with E-state index < -0.39 is 0 Å². The van der Waals surface area contributed by atoms with Crippen LogP contribution in [0.4, 0.5) is 4.39 Å². The molecule has 0 bridgehead atoms. The molecular weight excluding hydrogens is 285 g/mol. The smallest absolute Gasteiger partial charge is 0.140 e. The summed E-state index contributed by atoms with van der Waals surface area (Å²) >= 11 is 1.61. The van der Waals surface area contributed by atoms with Crippen LogP contribution in [0.15, 0.2) is 36.1 Å². The maximum Gasteiger partial charge on any atom is 0.140 e. The van der Waals surface area contributed by atoms with E-state index in [1.165, 1.54) is 0 Å². The summed E-state index contributed by atoms with van der Waals surface area (Å²) in [6.45, 7) is 5.64. The van der Waals surface area contributed by atoms with Crippen molar-refractivity contribution in [2.75, 3.05) is 0 Å². The van der Waals surface area contributed by atoms with Gasteiger partial charge in [0.05, 0.1) is 6.04 Å². The van der Waals surface area contributed by atoms with E-state index >= 15 is 0 Å². The van der Waals surface area contributed by atoms with Gasteiger partial charge in [0.2, 0.25) is 0 Å². The summed E-state index contributed by atoms with van der Waals surface area (Å²) in [7, 11) is 0. The average molecular weight is 301 g/mol. The number of thiazole rings is 1. The van der Waals surface area contributed by atoms with Crippen molar-refractivity contribution in [3.8, 4) is 11.4 Å². The van der Waals surface area contributed by atoms with E-state index in [-0.39, 0.29) is 11.9 Å². The molecule has 0 aliphatic carbocycles. The molecule has 0 amide bonds. The minimum absolute atomic E-state index is 0.0752. The third-order valence-corrected chi connectivity index (χ3v) is 4.66. The van der Waals surface area contributed by atoms with Crippen LogP contribution in [-0.2, 0) is 0 Å². The maximum atomic E-state index is 14.1. The first kappa shape index (κ1) is 13.9. The van der Waals surface area contributed by atoms with Gasteiger partial charge in [-0.1, -0.05) is 12.1 Å². The van der Waals surface area contributed by atoms with Crippen LogP contribution in [0.5, 0.6) is 0 Å². The molecule has 5 heteroatoms. The second kappa shape index (κ2) is 5.41. The van der Waals surface area contributed by atoms with Crippen LogP contribution in [0.25, 0.3) is 11.4 Å². The van der Waals surface area contributed by atoms with E-state index in [0.717, 1.165) is 16.4 Å². The molecular formula is C16H16FN3S. The fourth-order valence-corrected chi connectivity index (χ4v) is 3.15. The Hall–Kier alpha value is -2.01. The summed E-state index contributed by atoms with van der Waals surface area (Å²) in [6, 6.07) is 3.80. The summed E-state index contributed by atoms with van der Waals surface area (Å²) in [5, 5.41) is 2.97. The third kappa shape index (κ3) is 2.38. The van der Waals surface area contributed by atoms with Crippen molar-refractivity contribution in [2.24, 2.45) is 0 Å². The first-order valence-corrected chi connectivity index (χ1v) is 7.66. The van der Waals surface area contributed by atoms with Crippen molar-refractivity contribution in [1.29, 1.82) is 0 Å². The van der Waals surface area contributed by atoms with Gasteiger partial charge < -0.3 is 4.57 Å². The number of aryl methyl sites for hydroxylation is 1. The molecule has 2 heterocycles. The molecule has 0 aliphatic rings. The number of nitrogens with zero attached hydrogens (tertiary/aromatic N) is 3. The Balaban J connectivity index is 2.10. The molecule has 3 aromatic rings. The SMILES string of the molecule is Cc1ccc(-c2nccn2C(C)c2nccs2)c(C)c1F. The van der Waals surface area contributed by atoms with Crippen LogP contribution in [-0.4, -0.2) is 14.5 Å². The molecule has 0 saturated heterocycles. The number of imidazole rings is 1. The lowest BCUT2D eigenvalue weighted by atomic mass is 10.0. The predicted molar refractivity (Wildman–Crippen MR) is 83.0 cm³/mol. The molecule has 0 saturated carbocycles. The van der Waals surface area contributed by atoms with Gasteiger partial charge in [-0.3, -0.25) is 0 Å². The van der Waals surface area contributed by atoms with Gasteiger partial charge in [-0.25, -0.2) is 14.4 Å². The topological polar surface area (TPSA) is 30.7 Å². The fraction of sp³-hybridized carbons (Fsp3) is 0.250. The standard InChI is InChI=1S/C16H16FN3S/c1-10-4-5-13(11(2)14(10)17)15-18-6-8-20(15)12(3)16-19-7-9-21-16/h4-9,12H,1-3H3. The van der Waals surface area contributed by atoms with Crippen molar-refractivity contribution in [3.63, 3.8) is 0 Å². The van der Waals surface area contributed by atoms with Crippen LogP contribution in [0.3, 0.4) is 0 Å². The van der Waals surface area contributed by atoms with Crippen molar-refractivity contribution >= 4 is 11.3 Å². The van der Waals surface area contributed by atoms with Gasteiger partial charge in [0.15, 0.2) is 0 Å². The lowest BCUT2D eigenvalue weighted by Gasteiger charge is -2.16. The second-order valence-corrected chi connectivity index (χ2v) is 6.00. The van der Waals surface area contributed by atoms with E-state index in [9.17, 15) is 4.39 Å². The summed E-state index contributed by atoms with van der Waals surface area (Å²) < 4.78 is 16.2. The second-order valence-electron chi connectivity index (χ2n) is 5.07. The molecule has 0 aliphatic heterocycles. The lowest BCUT2D eigenvalue weighted by Crippen LogP contribution is -2.08. The predicted octanol–water partition coefficient (Wildman–Crippen LogP) is 4.37. The summed E-state index contributed by atoms with van der Waals surface area (Å²) in [5.41, 5.74) is 2.11. The Labute approximate surface area is 127 Å². The van der Waals surface area contributed by atoms with Crippen molar-refractivity contribution < 1.29 is 4.39 Å². The Bertz CT molecular complexity index is 762. The number of aromatic nitrogens is 3. The van der Waals surface area contributed by atoms with E-state index in [2.05, 4.69) is 16.9 Å². The minimum Gasteiger partial charge on any atom is -0.321 e. The Kier molecular flexibility index (Phi) is 3.59. The number of halogens is 1. The Morgan fingerprint density at radius 1 is 1.19 bits per heavy atom. The van der Waals surface area contributed by atoms with Crippen LogP contribution in [0.1, 0.15) is 29.1 Å². The summed E-state index contributed by atoms with van der Waals surface area (Å²) in [5.74, 6) is 0.609. The molecule has 0 radical (unpaired) electrons. The highest BCUT2D eigenvalue weighted by molar-refractivity contribution is 7.09. The highest BCUT2D eigenvalue weighted by Gasteiger charge is 2.18. The summed E-state index contributed by atoms with van der Waals surface area (Å²) in [6.07, 6.45) is 5.46. The number of hydrogen-bond donors (Lipinski definition) is 0. The highest BCUT2D eigenvalue weighted by atomic mass is 32.1. The first-order valence-electron chi connectivity index (χ1n) is 6.78. The summed E-state index contributed by atoms with van der Waals surface area (Å²) in [4.78, 5) is 8.78.